The molecule has 5 heteroatoms. The van der Waals surface area contributed by atoms with Crippen LogP contribution in [0, 0.1) is 0 Å². The van der Waals surface area contributed by atoms with Crippen LogP contribution in [0.5, 0.6) is 0 Å². The largest absolute Gasteiger partial charge is 0.334 e. The van der Waals surface area contributed by atoms with Gasteiger partial charge in [0.25, 0.3) is 0 Å². The molecule has 2 aliphatic rings. The fraction of sp³-hybridized carbons (Fsp3) is 0.615. The average molecular weight is 282 g/mol. The van der Waals surface area contributed by atoms with Crippen molar-refractivity contribution in [2.75, 3.05) is 18.2 Å². The van der Waals surface area contributed by atoms with Gasteiger partial charge in [-0.05, 0) is 29.9 Å². The number of hydrogen-bond donors (Lipinski definition) is 1. The lowest BCUT2D eigenvalue weighted by Crippen LogP contribution is -2.48. The Kier molecular flexibility index (Phi) is 3.63. The Balaban J connectivity index is 1.82. The summed E-state index contributed by atoms with van der Waals surface area (Å²) in [5.74, 6) is 2.12. The summed E-state index contributed by atoms with van der Waals surface area (Å²) in [4.78, 5) is 16.1. The summed E-state index contributed by atoms with van der Waals surface area (Å²) < 4.78 is 0. The molecule has 1 aromatic rings. The van der Waals surface area contributed by atoms with E-state index in [0.717, 1.165) is 31.0 Å². The van der Waals surface area contributed by atoms with Crippen molar-refractivity contribution in [3.8, 4) is 0 Å². The minimum atomic E-state index is 0.0317. The van der Waals surface area contributed by atoms with Gasteiger partial charge in [-0.15, -0.1) is 23.1 Å². The summed E-state index contributed by atoms with van der Waals surface area (Å²) >= 11 is 3.65. The number of nitrogens with zero attached hydrogens (tertiary/aromatic N) is 1. The van der Waals surface area contributed by atoms with Gasteiger partial charge in [-0.1, -0.05) is 6.92 Å². The molecule has 3 rings (SSSR count). The molecule has 3 nitrogen and oxygen atoms in total. The van der Waals surface area contributed by atoms with Gasteiger partial charge in [0.15, 0.2) is 0 Å². The van der Waals surface area contributed by atoms with Crippen LogP contribution in [-0.2, 0) is 11.2 Å². The van der Waals surface area contributed by atoms with E-state index in [1.54, 1.807) is 0 Å². The molecule has 98 valence electrons. The maximum atomic E-state index is 12.6. The Bertz CT molecular complexity index is 440. The van der Waals surface area contributed by atoms with Gasteiger partial charge < -0.3 is 4.90 Å². The molecule has 0 aliphatic carbocycles. The Morgan fingerprint density at radius 1 is 1.61 bits per heavy atom. The van der Waals surface area contributed by atoms with E-state index in [9.17, 15) is 4.79 Å². The highest BCUT2D eigenvalue weighted by molar-refractivity contribution is 7.99. The van der Waals surface area contributed by atoms with E-state index in [2.05, 4.69) is 28.6 Å². The average Bonchev–Trinajstić information content (AvgIpc) is 3.06. The number of rotatable bonds is 2. The van der Waals surface area contributed by atoms with Crippen molar-refractivity contribution in [2.24, 2.45) is 0 Å². The van der Waals surface area contributed by atoms with Crippen molar-refractivity contribution >= 4 is 29.0 Å². The highest BCUT2D eigenvalue weighted by Gasteiger charge is 2.34. The second kappa shape index (κ2) is 5.23. The number of fused-ring (bicyclic) bond motifs is 1. The number of amides is 1. The van der Waals surface area contributed by atoms with Crippen molar-refractivity contribution in [3.05, 3.63) is 21.9 Å². The lowest BCUT2D eigenvalue weighted by atomic mass is 9.97. The van der Waals surface area contributed by atoms with Crippen LogP contribution in [0.3, 0.4) is 0 Å². The number of carbonyl (C=O) groups excluding carboxylic acids is 1. The normalized spacial score (nSPS) is 27.3. The van der Waals surface area contributed by atoms with Gasteiger partial charge in [0.05, 0.1) is 12.1 Å². The number of carbonyl (C=O) groups is 1. The van der Waals surface area contributed by atoms with Crippen molar-refractivity contribution < 1.29 is 4.79 Å². The van der Waals surface area contributed by atoms with Gasteiger partial charge in [0, 0.05) is 23.1 Å². The zero-order valence-corrected chi connectivity index (χ0v) is 12.1. The highest BCUT2D eigenvalue weighted by atomic mass is 32.2. The lowest BCUT2D eigenvalue weighted by Gasteiger charge is -2.36. The zero-order chi connectivity index (χ0) is 12.5. The van der Waals surface area contributed by atoms with Gasteiger partial charge in [-0.3, -0.25) is 10.1 Å². The minimum absolute atomic E-state index is 0.0317. The molecule has 0 saturated carbocycles. The van der Waals surface area contributed by atoms with Gasteiger partial charge in [0.1, 0.15) is 0 Å². The second-order valence-corrected chi connectivity index (χ2v) is 6.81. The molecule has 18 heavy (non-hydrogen) atoms. The van der Waals surface area contributed by atoms with Crippen LogP contribution in [0.4, 0.5) is 0 Å². The van der Waals surface area contributed by atoms with E-state index in [4.69, 9.17) is 0 Å². The van der Waals surface area contributed by atoms with E-state index in [0.29, 0.717) is 11.9 Å². The predicted molar refractivity (Wildman–Crippen MR) is 77.0 cm³/mol. The van der Waals surface area contributed by atoms with Crippen molar-refractivity contribution in [3.63, 3.8) is 0 Å². The van der Waals surface area contributed by atoms with E-state index in [1.165, 1.54) is 10.4 Å². The molecule has 1 aromatic heterocycles. The van der Waals surface area contributed by atoms with Gasteiger partial charge in [-0.25, -0.2) is 0 Å². The molecular weight excluding hydrogens is 264 g/mol. The molecule has 2 aliphatic heterocycles. The topological polar surface area (TPSA) is 32.3 Å². The van der Waals surface area contributed by atoms with Crippen LogP contribution < -0.4 is 5.32 Å². The smallest absolute Gasteiger partial charge is 0.241 e. The van der Waals surface area contributed by atoms with Crippen LogP contribution in [0.25, 0.3) is 0 Å². The van der Waals surface area contributed by atoms with E-state index in [-0.39, 0.29) is 6.04 Å². The zero-order valence-electron chi connectivity index (χ0n) is 10.5. The van der Waals surface area contributed by atoms with Crippen molar-refractivity contribution in [2.45, 2.75) is 31.8 Å². The van der Waals surface area contributed by atoms with Gasteiger partial charge in [0.2, 0.25) is 5.91 Å². The van der Waals surface area contributed by atoms with Crippen molar-refractivity contribution in [1.29, 1.82) is 0 Å². The van der Waals surface area contributed by atoms with Gasteiger partial charge >= 0.3 is 0 Å². The van der Waals surface area contributed by atoms with E-state index >= 15 is 0 Å². The predicted octanol–water partition coefficient (Wildman–Crippen LogP) is 2.25. The number of hydrogen-bond acceptors (Lipinski definition) is 4. The Morgan fingerprint density at radius 2 is 2.50 bits per heavy atom. The Morgan fingerprint density at radius 3 is 3.22 bits per heavy atom. The van der Waals surface area contributed by atoms with Crippen LogP contribution in [0.1, 0.15) is 29.8 Å². The first-order chi connectivity index (χ1) is 8.81. The van der Waals surface area contributed by atoms with E-state index < -0.39 is 0 Å². The van der Waals surface area contributed by atoms with Crippen LogP contribution in [0.15, 0.2) is 11.4 Å². The number of thioether (sulfide) groups is 1. The molecule has 0 bridgehead atoms. The Hall–Kier alpha value is -0.520. The molecule has 0 spiro atoms. The maximum absolute atomic E-state index is 12.6. The standard InChI is InChI=1S/C13H18N2OS2/c1-2-11-9-4-6-18-12(9)3-5-15(11)13(16)10-7-17-8-14-10/h4,6,10-11,14H,2-3,5,7-8H2,1H3. The third-order valence-corrected chi connectivity index (χ3v) is 5.72. The molecule has 1 saturated heterocycles. The highest BCUT2D eigenvalue weighted by Crippen LogP contribution is 2.35. The molecule has 2 unspecified atom stereocenters. The fourth-order valence-electron chi connectivity index (χ4n) is 2.85. The third-order valence-electron chi connectivity index (χ3n) is 3.78. The minimum Gasteiger partial charge on any atom is -0.334 e. The first-order valence-electron chi connectivity index (χ1n) is 6.49. The summed E-state index contributed by atoms with van der Waals surface area (Å²) in [6, 6.07) is 2.52. The van der Waals surface area contributed by atoms with Gasteiger partial charge in [-0.2, -0.15) is 0 Å². The monoisotopic (exact) mass is 282 g/mol. The molecule has 1 amide bonds. The van der Waals surface area contributed by atoms with Crippen LogP contribution in [0.2, 0.25) is 0 Å². The molecule has 1 fully saturated rings. The molecule has 1 N–H and O–H groups in total. The van der Waals surface area contributed by atoms with Crippen molar-refractivity contribution in [1.82, 2.24) is 10.2 Å². The summed E-state index contributed by atoms with van der Waals surface area (Å²) in [6.07, 6.45) is 2.03. The second-order valence-electron chi connectivity index (χ2n) is 4.78. The van der Waals surface area contributed by atoms with Crippen LogP contribution >= 0.6 is 23.1 Å². The SMILES string of the molecule is CCC1c2ccsc2CCN1C(=O)C1CSCN1. The number of nitrogens with one attached hydrogen (secondary N) is 1. The molecule has 0 aromatic carbocycles. The molecule has 2 atom stereocenters. The molecular formula is C13H18N2OS2. The lowest BCUT2D eigenvalue weighted by molar-refractivity contribution is -0.135. The first kappa shape index (κ1) is 12.5. The van der Waals surface area contributed by atoms with Crippen LogP contribution in [-0.4, -0.2) is 35.0 Å². The Labute approximate surface area is 116 Å². The fourth-order valence-corrected chi connectivity index (χ4v) is 4.72. The summed E-state index contributed by atoms with van der Waals surface area (Å²) in [5, 5.41) is 5.45. The van der Waals surface area contributed by atoms with E-state index in [1.807, 2.05) is 23.1 Å². The quantitative estimate of drug-likeness (QED) is 0.903. The first-order valence-corrected chi connectivity index (χ1v) is 8.52. The number of thiophene rings is 1. The molecule has 3 heterocycles. The summed E-state index contributed by atoms with van der Waals surface area (Å²) in [5.41, 5.74) is 1.38. The summed E-state index contributed by atoms with van der Waals surface area (Å²) in [6.45, 7) is 3.06. The molecule has 0 radical (unpaired) electrons. The summed E-state index contributed by atoms with van der Waals surface area (Å²) in [7, 11) is 0. The third kappa shape index (κ3) is 2.08. The maximum Gasteiger partial charge on any atom is 0.241 e.